The average Bonchev–Trinajstić information content (AvgIpc) is 2.46. The molecule has 0 aliphatic heterocycles. The van der Waals surface area contributed by atoms with Crippen molar-refractivity contribution in [3.8, 4) is 0 Å². The lowest BCUT2D eigenvalue weighted by atomic mass is 9.73. The summed E-state index contributed by atoms with van der Waals surface area (Å²) in [6.45, 7) is 17.5. The zero-order valence-corrected chi connectivity index (χ0v) is 16.8. The molecule has 2 aliphatic carbocycles. The highest BCUT2D eigenvalue weighted by Crippen LogP contribution is 2.36. The zero-order valence-electron chi connectivity index (χ0n) is 16.8. The fourth-order valence-corrected chi connectivity index (χ4v) is 5.32. The standard InChI is InChI=1S/C22H39NO/c1-15-9-17(3)21(18(4)10-15)13-23(7-8-24)14-22-19(5)11-16(2)12-20(22)6/h9,11,17-22,24H,7-8,10,12-14H2,1-6H3/t17-,18-,19+,20+,21-,22+. The van der Waals surface area contributed by atoms with Crippen LogP contribution in [0, 0.1) is 35.5 Å². The number of allylic oxidation sites excluding steroid dienone is 4. The van der Waals surface area contributed by atoms with Gasteiger partial charge in [-0.2, -0.15) is 0 Å². The van der Waals surface area contributed by atoms with Gasteiger partial charge in [-0.3, -0.25) is 0 Å². The van der Waals surface area contributed by atoms with E-state index < -0.39 is 0 Å². The first-order valence-corrected chi connectivity index (χ1v) is 9.99. The Hall–Kier alpha value is -0.600. The molecule has 24 heavy (non-hydrogen) atoms. The lowest BCUT2D eigenvalue weighted by molar-refractivity contribution is 0.0960. The Morgan fingerprint density at radius 2 is 1.29 bits per heavy atom. The van der Waals surface area contributed by atoms with Crippen LogP contribution in [0.2, 0.25) is 0 Å². The third kappa shape index (κ3) is 4.95. The van der Waals surface area contributed by atoms with Crippen LogP contribution in [0.3, 0.4) is 0 Å². The third-order valence-electron chi connectivity index (χ3n) is 6.55. The number of aliphatic hydroxyl groups is 1. The molecule has 0 unspecified atom stereocenters. The highest BCUT2D eigenvalue weighted by atomic mass is 16.3. The molecule has 0 radical (unpaired) electrons. The van der Waals surface area contributed by atoms with Crippen LogP contribution >= 0.6 is 0 Å². The molecule has 6 atom stereocenters. The van der Waals surface area contributed by atoms with Gasteiger partial charge < -0.3 is 10.0 Å². The summed E-state index contributed by atoms with van der Waals surface area (Å²) in [6, 6.07) is 0. The van der Waals surface area contributed by atoms with E-state index in [0.717, 1.165) is 31.5 Å². The maximum atomic E-state index is 9.58. The molecule has 2 aliphatic rings. The van der Waals surface area contributed by atoms with Crippen molar-refractivity contribution in [2.75, 3.05) is 26.2 Å². The topological polar surface area (TPSA) is 23.5 Å². The minimum absolute atomic E-state index is 0.273. The summed E-state index contributed by atoms with van der Waals surface area (Å²) in [5.41, 5.74) is 3.10. The van der Waals surface area contributed by atoms with Gasteiger partial charge in [0.2, 0.25) is 0 Å². The second-order valence-electron chi connectivity index (χ2n) is 8.92. The van der Waals surface area contributed by atoms with Gasteiger partial charge in [0.1, 0.15) is 0 Å². The van der Waals surface area contributed by atoms with E-state index in [-0.39, 0.29) is 6.61 Å². The summed E-state index contributed by atoms with van der Waals surface area (Å²) < 4.78 is 0. The number of hydrogen-bond donors (Lipinski definition) is 1. The van der Waals surface area contributed by atoms with Gasteiger partial charge in [0.25, 0.3) is 0 Å². The average molecular weight is 334 g/mol. The zero-order chi connectivity index (χ0) is 17.9. The Labute approximate surface area is 150 Å². The van der Waals surface area contributed by atoms with Crippen LogP contribution in [0.4, 0.5) is 0 Å². The van der Waals surface area contributed by atoms with Crippen molar-refractivity contribution in [1.82, 2.24) is 4.90 Å². The Morgan fingerprint density at radius 1 is 0.875 bits per heavy atom. The third-order valence-corrected chi connectivity index (χ3v) is 6.55. The fourth-order valence-electron chi connectivity index (χ4n) is 5.32. The number of aliphatic hydroxyl groups excluding tert-OH is 1. The minimum Gasteiger partial charge on any atom is -0.395 e. The van der Waals surface area contributed by atoms with Gasteiger partial charge >= 0.3 is 0 Å². The van der Waals surface area contributed by atoms with Gasteiger partial charge in [0.15, 0.2) is 0 Å². The van der Waals surface area contributed by atoms with E-state index >= 15 is 0 Å². The predicted molar refractivity (Wildman–Crippen MR) is 104 cm³/mol. The fraction of sp³-hybridized carbons (Fsp3) is 0.818. The van der Waals surface area contributed by atoms with E-state index in [2.05, 4.69) is 58.6 Å². The van der Waals surface area contributed by atoms with E-state index in [1.165, 1.54) is 12.8 Å². The van der Waals surface area contributed by atoms with E-state index in [1.807, 2.05) is 0 Å². The minimum atomic E-state index is 0.273. The van der Waals surface area contributed by atoms with Crippen LogP contribution in [0.5, 0.6) is 0 Å². The van der Waals surface area contributed by atoms with Crippen LogP contribution < -0.4 is 0 Å². The number of nitrogens with zero attached hydrogens (tertiary/aromatic N) is 1. The molecule has 0 saturated carbocycles. The monoisotopic (exact) mass is 333 g/mol. The van der Waals surface area contributed by atoms with Gasteiger partial charge in [-0.25, -0.2) is 0 Å². The molecule has 0 saturated heterocycles. The SMILES string of the molecule is CC1=C[C@@H](C)[C@@H](CN(CCO)C[C@H]2[C@@H](C)C=C(C)C[C@@H]2C)[C@H](C)C1. The van der Waals surface area contributed by atoms with Gasteiger partial charge in [-0.05, 0) is 62.2 Å². The van der Waals surface area contributed by atoms with Crippen molar-refractivity contribution >= 4 is 0 Å². The quantitative estimate of drug-likeness (QED) is 0.709. The van der Waals surface area contributed by atoms with Crippen molar-refractivity contribution in [3.05, 3.63) is 23.3 Å². The highest BCUT2D eigenvalue weighted by Gasteiger charge is 2.32. The van der Waals surface area contributed by atoms with E-state index in [9.17, 15) is 5.11 Å². The predicted octanol–water partition coefficient (Wildman–Crippen LogP) is 4.76. The van der Waals surface area contributed by atoms with Crippen molar-refractivity contribution in [2.24, 2.45) is 35.5 Å². The molecule has 0 fully saturated rings. The summed E-state index contributed by atoms with van der Waals surface area (Å²) in [5.74, 6) is 4.22. The summed E-state index contributed by atoms with van der Waals surface area (Å²) in [6.07, 6.45) is 7.42. The molecule has 0 aromatic heterocycles. The molecule has 0 amide bonds. The number of hydrogen-bond acceptors (Lipinski definition) is 2. The summed E-state index contributed by atoms with van der Waals surface area (Å²) in [4.78, 5) is 2.55. The largest absolute Gasteiger partial charge is 0.395 e. The van der Waals surface area contributed by atoms with Crippen LogP contribution in [-0.2, 0) is 0 Å². The Balaban J connectivity index is 2.04. The maximum absolute atomic E-state index is 9.58. The number of rotatable bonds is 6. The van der Waals surface area contributed by atoms with Crippen LogP contribution in [-0.4, -0.2) is 36.2 Å². The Bertz CT molecular complexity index is 427. The molecule has 0 aromatic carbocycles. The first-order chi connectivity index (χ1) is 11.3. The van der Waals surface area contributed by atoms with E-state index in [1.54, 1.807) is 11.1 Å². The molecular formula is C22H39NO. The molecule has 2 heteroatoms. The molecule has 0 bridgehead atoms. The van der Waals surface area contributed by atoms with Crippen LogP contribution in [0.15, 0.2) is 23.3 Å². The van der Waals surface area contributed by atoms with Crippen LogP contribution in [0.25, 0.3) is 0 Å². The maximum Gasteiger partial charge on any atom is 0.0558 e. The molecule has 0 heterocycles. The smallest absolute Gasteiger partial charge is 0.0558 e. The molecule has 138 valence electrons. The molecule has 2 nitrogen and oxygen atoms in total. The van der Waals surface area contributed by atoms with E-state index in [4.69, 9.17) is 0 Å². The Kier molecular flexibility index (Phi) is 7.12. The van der Waals surface area contributed by atoms with Crippen molar-refractivity contribution in [2.45, 2.75) is 54.4 Å². The summed E-state index contributed by atoms with van der Waals surface area (Å²) in [7, 11) is 0. The second kappa shape index (κ2) is 8.67. The normalized spacial score (nSPS) is 37.3. The summed E-state index contributed by atoms with van der Waals surface area (Å²) >= 11 is 0. The van der Waals surface area contributed by atoms with Crippen LogP contribution in [0.1, 0.15) is 54.4 Å². The summed E-state index contributed by atoms with van der Waals surface area (Å²) in [5, 5.41) is 9.58. The molecule has 0 aromatic rings. The lowest BCUT2D eigenvalue weighted by Crippen LogP contribution is -2.43. The Morgan fingerprint density at radius 3 is 1.62 bits per heavy atom. The van der Waals surface area contributed by atoms with Gasteiger partial charge in [0, 0.05) is 19.6 Å². The van der Waals surface area contributed by atoms with Crippen molar-refractivity contribution < 1.29 is 5.11 Å². The van der Waals surface area contributed by atoms with Crippen molar-refractivity contribution in [3.63, 3.8) is 0 Å². The lowest BCUT2D eigenvalue weighted by Gasteiger charge is -2.41. The first-order valence-electron chi connectivity index (χ1n) is 9.99. The molecule has 2 rings (SSSR count). The van der Waals surface area contributed by atoms with E-state index in [0.29, 0.717) is 23.7 Å². The molecular weight excluding hydrogens is 294 g/mol. The first kappa shape index (κ1) is 19.7. The second-order valence-corrected chi connectivity index (χ2v) is 8.92. The van der Waals surface area contributed by atoms with Crippen molar-refractivity contribution in [1.29, 1.82) is 0 Å². The highest BCUT2D eigenvalue weighted by molar-refractivity contribution is 5.10. The molecule has 1 N–H and O–H groups in total. The van der Waals surface area contributed by atoms with Gasteiger partial charge in [-0.15, -0.1) is 0 Å². The van der Waals surface area contributed by atoms with Gasteiger partial charge in [0.05, 0.1) is 6.61 Å². The molecule has 0 spiro atoms. The van der Waals surface area contributed by atoms with Gasteiger partial charge in [-0.1, -0.05) is 51.0 Å².